The zero-order valence-corrected chi connectivity index (χ0v) is 14.3. The van der Waals surface area contributed by atoms with Crippen molar-refractivity contribution in [3.05, 3.63) is 33.6 Å². The number of halogens is 1. The molecule has 2 aromatic rings. The number of nitrogens with one attached hydrogen (secondary N) is 1. The predicted octanol–water partition coefficient (Wildman–Crippen LogP) is 4.88. The number of benzene rings is 1. The third-order valence-corrected chi connectivity index (χ3v) is 6.13. The van der Waals surface area contributed by atoms with E-state index in [2.05, 4.69) is 58.7 Å². The van der Waals surface area contributed by atoms with Crippen molar-refractivity contribution in [3.8, 4) is 0 Å². The molecule has 1 N–H and O–H groups in total. The number of hydrogen-bond acceptors (Lipinski definition) is 3. The van der Waals surface area contributed by atoms with E-state index in [1.807, 2.05) is 11.3 Å². The fraction of sp³-hybridized carbons (Fsp3) is 0.500. The Balaban J connectivity index is 2.08. The molecule has 0 amide bonds. The summed E-state index contributed by atoms with van der Waals surface area (Å²) in [6, 6.07) is 6.70. The SMILES string of the molecule is CCNC(c1csc2c(Br)cccc12)C1(C)CCCO1. The quantitative estimate of drug-likeness (QED) is 0.845. The van der Waals surface area contributed by atoms with Crippen LogP contribution < -0.4 is 5.32 Å². The van der Waals surface area contributed by atoms with Crippen molar-refractivity contribution in [2.24, 2.45) is 0 Å². The van der Waals surface area contributed by atoms with Gasteiger partial charge in [0.15, 0.2) is 0 Å². The summed E-state index contributed by atoms with van der Waals surface area (Å²) in [6.45, 7) is 6.24. The maximum atomic E-state index is 6.09. The van der Waals surface area contributed by atoms with Gasteiger partial charge in [0.05, 0.1) is 11.6 Å². The van der Waals surface area contributed by atoms with Crippen LogP contribution in [0.1, 0.15) is 38.3 Å². The van der Waals surface area contributed by atoms with E-state index in [-0.39, 0.29) is 11.6 Å². The highest BCUT2D eigenvalue weighted by Crippen LogP contribution is 2.43. The number of thiophene rings is 1. The van der Waals surface area contributed by atoms with Crippen LogP contribution in [0.4, 0.5) is 0 Å². The van der Waals surface area contributed by atoms with Gasteiger partial charge in [-0.05, 0) is 64.6 Å². The molecule has 0 saturated carbocycles. The number of hydrogen-bond donors (Lipinski definition) is 1. The van der Waals surface area contributed by atoms with Crippen molar-refractivity contribution < 1.29 is 4.74 Å². The number of fused-ring (bicyclic) bond motifs is 1. The molecule has 3 rings (SSSR count). The molecule has 1 aromatic heterocycles. The molecule has 0 bridgehead atoms. The summed E-state index contributed by atoms with van der Waals surface area (Å²) in [5.41, 5.74) is 1.28. The van der Waals surface area contributed by atoms with Crippen LogP contribution in [-0.2, 0) is 4.74 Å². The minimum absolute atomic E-state index is 0.0909. The average molecular weight is 354 g/mol. The van der Waals surface area contributed by atoms with E-state index in [9.17, 15) is 0 Å². The van der Waals surface area contributed by atoms with Gasteiger partial charge in [-0.2, -0.15) is 0 Å². The Morgan fingerprint density at radius 3 is 3.05 bits per heavy atom. The molecule has 1 fully saturated rings. The summed E-state index contributed by atoms with van der Waals surface area (Å²) in [4.78, 5) is 0. The summed E-state index contributed by atoms with van der Waals surface area (Å²) in [6.07, 6.45) is 2.28. The number of rotatable bonds is 4. The standard InChI is InChI=1S/C16H20BrNOS/c1-3-18-15(16(2)8-5-9-19-16)12-10-20-14-11(12)6-4-7-13(14)17/h4,6-7,10,15,18H,3,5,8-9H2,1-2H3. The molecule has 0 aliphatic carbocycles. The topological polar surface area (TPSA) is 21.3 Å². The molecule has 1 aliphatic rings. The highest BCUT2D eigenvalue weighted by molar-refractivity contribution is 9.10. The predicted molar refractivity (Wildman–Crippen MR) is 89.5 cm³/mol. The van der Waals surface area contributed by atoms with Crippen LogP contribution >= 0.6 is 27.3 Å². The molecule has 1 aliphatic heterocycles. The lowest BCUT2D eigenvalue weighted by atomic mass is 9.87. The Kier molecular flexibility index (Phi) is 4.18. The highest BCUT2D eigenvalue weighted by atomic mass is 79.9. The second-order valence-electron chi connectivity index (χ2n) is 5.56. The molecule has 0 spiro atoms. The van der Waals surface area contributed by atoms with Crippen LogP contribution in [0.15, 0.2) is 28.1 Å². The molecule has 2 atom stereocenters. The van der Waals surface area contributed by atoms with Crippen LogP contribution in [0.5, 0.6) is 0 Å². The first-order valence-corrected chi connectivity index (χ1v) is 8.86. The lowest BCUT2D eigenvalue weighted by molar-refractivity contribution is -0.0116. The molecular formula is C16H20BrNOS. The van der Waals surface area contributed by atoms with Gasteiger partial charge in [0.2, 0.25) is 0 Å². The van der Waals surface area contributed by atoms with Gasteiger partial charge in [-0.1, -0.05) is 19.1 Å². The molecule has 2 heterocycles. The molecule has 108 valence electrons. The molecule has 2 nitrogen and oxygen atoms in total. The Morgan fingerprint density at radius 2 is 2.35 bits per heavy atom. The molecule has 0 radical (unpaired) electrons. The maximum Gasteiger partial charge on any atom is 0.0849 e. The lowest BCUT2D eigenvalue weighted by Crippen LogP contribution is -2.41. The third-order valence-electron chi connectivity index (χ3n) is 4.16. The largest absolute Gasteiger partial charge is 0.373 e. The van der Waals surface area contributed by atoms with Crippen LogP contribution in [0.2, 0.25) is 0 Å². The summed E-state index contributed by atoms with van der Waals surface area (Å²) in [7, 11) is 0. The zero-order chi connectivity index (χ0) is 14.2. The Bertz CT molecular complexity index is 604. The van der Waals surface area contributed by atoms with E-state index < -0.39 is 0 Å². The molecule has 2 unspecified atom stereocenters. The second kappa shape index (κ2) is 5.76. The summed E-state index contributed by atoms with van der Waals surface area (Å²) in [5.74, 6) is 0. The van der Waals surface area contributed by atoms with Gasteiger partial charge < -0.3 is 10.1 Å². The second-order valence-corrected chi connectivity index (χ2v) is 7.30. The van der Waals surface area contributed by atoms with Crippen LogP contribution in [-0.4, -0.2) is 18.8 Å². The fourth-order valence-corrected chi connectivity index (χ4v) is 4.80. The van der Waals surface area contributed by atoms with Gasteiger partial charge in [0.25, 0.3) is 0 Å². The first-order valence-electron chi connectivity index (χ1n) is 7.18. The maximum absolute atomic E-state index is 6.09. The Hall–Kier alpha value is -0.420. The molecule has 4 heteroatoms. The number of ether oxygens (including phenoxy) is 1. The van der Waals surface area contributed by atoms with Crippen molar-refractivity contribution in [1.29, 1.82) is 0 Å². The van der Waals surface area contributed by atoms with Crippen molar-refractivity contribution in [2.45, 2.75) is 38.3 Å². The van der Waals surface area contributed by atoms with Crippen LogP contribution in [0.25, 0.3) is 10.1 Å². The van der Waals surface area contributed by atoms with Gasteiger partial charge in [-0.15, -0.1) is 11.3 Å². The molecular weight excluding hydrogens is 334 g/mol. The van der Waals surface area contributed by atoms with Gasteiger partial charge in [-0.3, -0.25) is 0 Å². The van der Waals surface area contributed by atoms with E-state index in [0.29, 0.717) is 0 Å². The van der Waals surface area contributed by atoms with Crippen molar-refractivity contribution in [3.63, 3.8) is 0 Å². The Morgan fingerprint density at radius 1 is 1.50 bits per heavy atom. The van der Waals surface area contributed by atoms with E-state index in [1.165, 1.54) is 20.1 Å². The first-order chi connectivity index (χ1) is 9.65. The number of likely N-dealkylation sites (N-methyl/N-ethyl adjacent to an activating group) is 1. The zero-order valence-electron chi connectivity index (χ0n) is 11.9. The summed E-state index contributed by atoms with van der Waals surface area (Å²) < 4.78 is 8.59. The lowest BCUT2D eigenvalue weighted by Gasteiger charge is -2.34. The molecule has 20 heavy (non-hydrogen) atoms. The van der Waals surface area contributed by atoms with E-state index in [1.54, 1.807) is 0 Å². The molecule has 1 aromatic carbocycles. The van der Waals surface area contributed by atoms with Gasteiger partial charge >= 0.3 is 0 Å². The van der Waals surface area contributed by atoms with Gasteiger partial charge in [0.1, 0.15) is 0 Å². The van der Waals surface area contributed by atoms with E-state index in [4.69, 9.17) is 4.74 Å². The highest BCUT2D eigenvalue weighted by Gasteiger charge is 2.39. The minimum atomic E-state index is -0.0909. The summed E-state index contributed by atoms with van der Waals surface area (Å²) in [5, 5.41) is 7.27. The van der Waals surface area contributed by atoms with Crippen molar-refractivity contribution >= 4 is 37.4 Å². The van der Waals surface area contributed by atoms with Crippen LogP contribution in [0.3, 0.4) is 0 Å². The smallest absolute Gasteiger partial charge is 0.0849 e. The van der Waals surface area contributed by atoms with Crippen LogP contribution in [0, 0.1) is 0 Å². The van der Waals surface area contributed by atoms with Gasteiger partial charge in [-0.25, -0.2) is 0 Å². The van der Waals surface area contributed by atoms with Gasteiger partial charge in [0, 0.05) is 15.8 Å². The minimum Gasteiger partial charge on any atom is -0.373 e. The van der Waals surface area contributed by atoms with E-state index in [0.717, 1.165) is 26.0 Å². The van der Waals surface area contributed by atoms with Crippen molar-refractivity contribution in [1.82, 2.24) is 5.32 Å². The first kappa shape index (κ1) is 14.5. The normalized spacial score (nSPS) is 24.4. The monoisotopic (exact) mass is 353 g/mol. The summed E-state index contributed by atoms with van der Waals surface area (Å²) >= 11 is 5.46. The van der Waals surface area contributed by atoms with E-state index >= 15 is 0 Å². The third kappa shape index (κ3) is 2.43. The fourth-order valence-electron chi connectivity index (χ4n) is 3.15. The average Bonchev–Trinajstić information content (AvgIpc) is 3.04. The van der Waals surface area contributed by atoms with Crippen molar-refractivity contribution in [2.75, 3.05) is 13.2 Å². The molecule has 1 saturated heterocycles. The Labute approximate surface area is 132 Å².